The normalized spacial score (nSPS) is 10.7. The smallest absolute Gasteiger partial charge is 0.407 e. The molecule has 1 heterocycles. The van der Waals surface area contributed by atoms with E-state index in [4.69, 9.17) is 0 Å². The van der Waals surface area contributed by atoms with Crippen molar-refractivity contribution in [2.45, 2.75) is 6.92 Å². The first kappa shape index (κ1) is 8.68. The van der Waals surface area contributed by atoms with Crippen molar-refractivity contribution in [1.29, 1.82) is 0 Å². The van der Waals surface area contributed by atoms with Crippen molar-refractivity contribution >= 4 is 17.0 Å². The van der Waals surface area contributed by atoms with E-state index in [0.717, 1.165) is 16.7 Å². The van der Waals surface area contributed by atoms with Crippen LogP contribution < -0.4 is 5.76 Å². The fraction of sp³-hybridized carbons (Fsp3) is 0.111. The maximum atomic E-state index is 12.7. The minimum absolute atomic E-state index is 0.0743. The van der Waals surface area contributed by atoms with Crippen LogP contribution in [0.25, 0.3) is 11.1 Å². The number of carbonyl (C=O) groups is 1. The van der Waals surface area contributed by atoms with Gasteiger partial charge in [-0.3, -0.25) is 4.79 Å². The third-order valence-electron chi connectivity index (χ3n) is 1.86. The number of benzene rings is 1. The van der Waals surface area contributed by atoms with E-state index >= 15 is 0 Å². The number of aromatic nitrogens is 1. The number of oxazole rings is 1. The summed E-state index contributed by atoms with van der Waals surface area (Å²) in [7, 11) is 0. The Kier molecular flexibility index (Phi) is 1.73. The Labute approximate surface area is 77.6 Å². The lowest BCUT2D eigenvalue weighted by Gasteiger charge is -1.93. The van der Waals surface area contributed by atoms with E-state index in [-0.39, 0.29) is 11.1 Å². The maximum absolute atomic E-state index is 12.7. The molecule has 5 heteroatoms. The molecule has 2 rings (SSSR count). The van der Waals surface area contributed by atoms with Crippen LogP contribution in [0.15, 0.2) is 27.4 Å². The fourth-order valence-electron chi connectivity index (χ4n) is 1.29. The molecule has 72 valence electrons. The summed E-state index contributed by atoms with van der Waals surface area (Å²) in [5.41, 5.74) is 0.356. The number of hydrogen-bond acceptors (Lipinski definition) is 3. The van der Waals surface area contributed by atoms with Crippen LogP contribution in [0, 0.1) is 5.82 Å². The Hall–Kier alpha value is -1.91. The Morgan fingerprint density at radius 3 is 2.86 bits per heavy atom. The number of nitrogens with zero attached hydrogens (tertiary/aromatic N) is 1. The van der Waals surface area contributed by atoms with Crippen molar-refractivity contribution < 1.29 is 13.6 Å². The van der Waals surface area contributed by atoms with Crippen LogP contribution in [0.5, 0.6) is 0 Å². The van der Waals surface area contributed by atoms with Crippen molar-refractivity contribution in [2.24, 2.45) is 0 Å². The molecule has 0 unspecified atom stereocenters. The second-order valence-corrected chi connectivity index (χ2v) is 2.83. The van der Waals surface area contributed by atoms with Gasteiger partial charge in [0.2, 0.25) is 5.91 Å². The van der Waals surface area contributed by atoms with Crippen LogP contribution in [0.3, 0.4) is 0 Å². The molecule has 0 amide bonds. The van der Waals surface area contributed by atoms with Gasteiger partial charge in [-0.15, -0.1) is 0 Å². The molecule has 2 aromatic rings. The molecule has 0 radical (unpaired) electrons. The van der Waals surface area contributed by atoms with Gasteiger partial charge in [0.25, 0.3) is 0 Å². The van der Waals surface area contributed by atoms with Gasteiger partial charge >= 0.3 is 5.76 Å². The standard InChI is InChI=1S/C9H6FNO3/c1-5(12)11-7-3-2-6(10)4-8(7)14-9(11)13/h2-4H,1H3. The molecular weight excluding hydrogens is 189 g/mol. The molecule has 0 aliphatic carbocycles. The maximum Gasteiger partial charge on any atom is 0.426 e. The minimum Gasteiger partial charge on any atom is -0.407 e. The van der Waals surface area contributed by atoms with Crippen LogP contribution in [0.1, 0.15) is 11.7 Å². The van der Waals surface area contributed by atoms with Gasteiger partial charge in [0.1, 0.15) is 5.82 Å². The molecule has 0 saturated carbocycles. The Balaban J connectivity index is 2.91. The highest BCUT2D eigenvalue weighted by molar-refractivity contribution is 5.87. The highest BCUT2D eigenvalue weighted by atomic mass is 19.1. The first-order valence-electron chi connectivity index (χ1n) is 3.91. The Morgan fingerprint density at radius 2 is 2.21 bits per heavy atom. The number of carbonyl (C=O) groups excluding carboxylic acids is 1. The lowest BCUT2D eigenvalue weighted by molar-refractivity contribution is 0.0933. The van der Waals surface area contributed by atoms with Crippen LogP contribution in [0.4, 0.5) is 4.39 Å². The second-order valence-electron chi connectivity index (χ2n) is 2.83. The summed E-state index contributed by atoms with van der Waals surface area (Å²) in [6.07, 6.45) is 0. The SMILES string of the molecule is CC(=O)n1c(=O)oc2cc(F)ccc21. The summed E-state index contributed by atoms with van der Waals surface area (Å²) in [5, 5.41) is 0. The van der Waals surface area contributed by atoms with Crippen molar-refractivity contribution in [3.05, 3.63) is 34.6 Å². The first-order valence-corrected chi connectivity index (χ1v) is 3.91. The molecule has 0 bridgehead atoms. The van der Waals surface area contributed by atoms with Gasteiger partial charge in [-0.1, -0.05) is 0 Å². The summed E-state index contributed by atoms with van der Waals surface area (Å²) >= 11 is 0. The number of hydrogen-bond donors (Lipinski definition) is 0. The molecule has 0 N–H and O–H groups in total. The van der Waals surface area contributed by atoms with Gasteiger partial charge in [0.15, 0.2) is 5.58 Å². The lowest BCUT2D eigenvalue weighted by Crippen LogP contribution is -2.19. The van der Waals surface area contributed by atoms with Crippen molar-refractivity contribution in [1.82, 2.24) is 4.57 Å². The summed E-state index contributed by atoms with van der Waals surface area (Å²) in [6, 6.07) is 3.56. The molecule has 0 spiro atoms. The Bertz CT molecular complexity index is 567. The van der Waals surface area contributed by atoms with Crippen LogP contribution in [-0.4, -0.2) is 10.5 Å². The van der Waals surface area contributed by atoms with E-state index in [2.05, 4.69) is 4.42 Å². The molecule has 4 nitrogen and oxygen atoms in total. The molecule has 1 aromatic heterocycles. The average molecular weight is 195 g/mol. The van der Waals surface area contributed by atoms with Gasteiger partial charge in [-0.25, -0.2) is 13.8 Å². The van der Waals surface area contributed by atoms with Gasteiger partial charge in [-0.2, -0.15) is 0 Å². The number of fused-ring (bicyclic) bond motifs is 1. The third kappa shape index (κ3) is 1.14. The van der Waals surface area contributed by atoms with E-state index in [0.29, 0.717) is 0 Å². The van der Waals surface area contributed by atoms with E-state index in [1.54, 1.807) is 0 Å². The highest BCUT2D eigenvalue weighted by Crippen LogP contribution is 2.13. The number of halogens is 1. The predicted molar refractivity (Wildman–Crippen MR) is 46.7 cm³/mol. The fourth-order valence-corrected chi connectivity index (χ4v) is 1.29. The lowest BCUT2D eigenvalue weighted by atomic mass is 10.3. The summed E-state index contributed by atoms with van der Waals surface area (Å²) in [6.45, 7) is 1.24. The molecule has 0 saturated heterocycles. The van der Waals surface area contributed by atoms with Crippen LogP contribution >= 0.6 is 0 Å². The molecule has 1 aromatic carbocycles. The topological polar surface area (TPSA) is 52.2 Å². The molecule has 0 aliphatic rings. The zero-order valence-corrected chi connectivity index (χ0v) is 7.28. The van der Waals surface area contributed by atoms with Gasteiger partial charge < -0.3 is 4.42 Å². The van der Waals surface area contributed by atoms with Crippen LogP contribution in [-0.2, 0) is 0 Å². The predicted octanol–water partition coefficient (Wildman–Crippen LogP) is 1.39. The van der Waals surface area contributed by atoms with Crippen molar-refractivity contribution in [3.8, 4) is 0 Å². The summed E-state index contributed by atoms with van der Waals surface area (Å²) < 4.78 is 18.3. The summed E-state index contributed by atoms with van der Waals surface area (Å²) in [4.78, 5) is 22.2. The Morgan fingerprint density at radius 1 is 1.50 bits per heavy atom. The molecule has 0 atom stereocenters. The minimum atomic E-state index is -0.793. The van der Waals surface area contributed by atoms with Gasteiger partial charge in [0, 0.05) is 13.0 Å². The highest BCUT2D eigenvalue weighted by Gasteiger charge is 2.12. The summed E-state index contributed by atoms with van der Waals surface area (Å²) in [5.74, 6) is -1.76. The number of rotatable bonds is 0. The zero-order valence-electron chi connectivity index (χ0n) is 7.28. The molecule has 14 heavy (non-hydrogen) atoms. The van der Waals surface area contributed by atoms with E-state index in [1.807, 2.05) is 0 Å². The quantitative estimate of drug-likeness (QED) is 0.638. The molecule has 0 aliphatic heterocycles. The average Bonchev–Trinajstić information content (AvgIpc) is 2.39. The molecular formula is C9H6FNO3. The first-order chi connectivity index (χ1) is 6.59. The second kappa shape index (κ2) is 2.80. The zero-order chi connectivity index (χ0) is 10.3. The third-order valence-corrected chi connectivity index (χ3v) is 1.86. The van der Waals surface area contributed by atoms with Gasteiger partial charge in [0.05, 0.1) is 5.52 Å². The van der Waals surface area contributed by atoms with Crippen molar-refractivity contribution in [3.63, 3.8) is 0 Å². The van der Waals surface area contributed by atoms with Gasteiger partial charge in [-0.05, 0) is 12.1 Å². The van der Waals surface area contributed by atoms with Crippen molar-refractivity contribution in [2.75, 3.05) is 0 Å². The molecule has 0 fully saturated rings. The largest absolute Gasteiger partial charge is 0.426 e. The monoisotopic (exact) mass is 195 g/mol. The van der Waals surface area contributed by atoms with Crippen LogP contribution in [0.2, 0.25) is 0 Å². The van der Waals surface area contributed by atoms with E-state index in [9.17, 15) is 14.0 Å². The van der Waals surface area contributed by atoms with E-state index in [1.165, 1.54) is 13.0 Å². The van der Waals surface area contributed by atoms with E-state index < -0.39 is 17.5 Å².